The van der Waals surface area contributed by atoms with Gasteiger partial charge in [-0.25, -0.2) is 0 Å². The van der Waals surface area contributed by atoms with Gasteiger partial charge in [-0.1, -0.05) is 6.92 Å². The summed E-state index contributed by atoms with van der Waals surface area (Å²) >= 11 is 0. The van der Waals surface area contributed by atoms with Crippen LogP contribution in [0.5, 0.6) is 0 Å². The number of amides is 1. The molecule has 0 aliphatic carbocycles. The summed E-state index contributed by atoms with van der Waals surface area (Å²) in [6.45, 7) is 3.62. The molecule has 1 aliphatic heterocycles. The van der Waals surface area contributed by atoms with E-state index in [4.69, 9.17) is 0 Å². The molecule has 0 aromatic heterocycles. The van der Waals surface area contributed by atoms with E-state index in [-0.39, 0.29) is 5.91 Å². The molecule has 0 fully saturated rings. The number of carbonyl (C=O) groups is 1. The fourth-order valence-electron chi connectivity index (χ4n) is 1.31. The lowest BCUT2D eigenvalue weighted by Crippen LogP contribution is -2.32. The van der Waals surface area contributed by atoms with Gasteiger partial charge >= 0.3 is 0 Å². The Morgan fingerprint density at radius 2 is 2.08 bits per heavy atom. The van der Waals surface area contributed by atoms with Gasteiger partial charge in [0.15, 0.2) is 0 Å². The van der Waals surface area contributed by atoms with Gasteiger partial charge in [-0.3, -0.25) is 4.79 Å². The molecule has 1 heterocycles. The first kappa shape index (κ1) is 9.12. The summed E-state index contributed by atoms with van der Waals surface area (Å²) in [5, 5.41) is 0. The molecule has 12 heavy (non-hydrogen) atoms. The fourth-order valence-corrected chi connectivity index (χ4v) is 1.31. The van der Waals surface area contributed by atoms with E-state index in [0.29, 0.717) is 6.42 Å². The zero-order valence-corrected chi connectivity index (χ0v) is 7.60. The Labute approximate surface area is 73.9 Å². The van der Waals surface area contributed by atoms with Crippen LogP contribution in [0.3, 0.4) is 0 Å². The second kappa shape index (κ2) is 4.82. The third-order valence-corrected chi connectivity index (χ3v) is 2.02. The lowest BCUT2D eigenvalue weighted by atomic mass is 10.2. The highest BCUT2D eigenvalue weighted by atomic mass is 16.2. The van der Waals surface area contributed by atoms with Crippen LogP contribution in [0.25, 0.3) is 0 Å². The first-order valence-electron chi connectivity index (χ1n) is 4.58. The van der Waals surface area contributed by atoms with Gasteiger partial charge in [-0.05, 0) is 6.42 Å². The summed E-state index contributed by atoms with van der Waals surface area (Å²) in [6.07, 6.45) is 3.42. The molecule has 66 valence electrons. The molecule has 1 aliphatic rings. The zero-order chi connectivity index (χ0) is 8.81. The van der Waals surface area contributed by atoms with E-state index >= 15 is 0 Å². The largest absolute Gasteiger partial charge is 0.342 e. The third kappa shape index (κ3) is 2.58. The Kier molecular flexibility index (Phi) is 3.66. The molecule has 0 spiro atoms. The fraction of sp³-hybridized carbons (Fsp3) is 0.700. The maximum atomic E-state index is 11.3. The first-order chi connectivity index (χ1) is 5.84. The maximum Gasteiger partial charge on any atom is 0.222 e. The van der Waals surface area contributed by atoms with Crippen LogP contribution in [0.15, 0.2) is 0 Å². The topological polar surface area (TPSA) is 20.3 Å². The highest BCUT2D eigenvalue weighted by Crippen LogP contribution is 2.02. The Morgan fingerprint density at radius 3 is 2.83 bits per heavy atom. The van der Waals surface area contributed by atoms with Crippen LogP contribution in [0, 0.1) is 11.8 Å². The molecule has 0 aromatic carbocycles. The van der Waals surface area contributed by atoms with Crippen molar-refractivity contribution < 1.29 is 4.79 Å². The molecule has 0 saturated heterocycles. The van der Waals surface area contributed by atoms with Crippen LogP contribution in [0.1, 0.15) is 32.6 Å². The highest BCUT2D eigenvalue weighted by molar-refractivity contribution is 5.75. The van der Waals surface area contributed by atoms with Crippen LogP contribution < -0.4 is 0 Å². The third-order valence-electron chi connectivity index (χ3n) is 2.02. The van der Waals surface area contributed by atoms with E-state index in [9.17, 15) is 4.79 Å². The first-order valence-corrected chi connectivity index (χ1v) is 4.58. The molecule has 0 saturated carbocycles. The molecule has 0 N–H and O–H groups in total. The lowest BCUT2D eigenvalue weighted by molar-refractivity contribution is -0.130. The second-order valence-electron chi connectivity index (χ2n) is 2.94. The van der Waals surface area contributed by atoms with Gasteiger partial charge in [0.1, 0.15) is 0 Å². The van der Waals surface area contributed by atoms with Crippen LogP contribution >= 0.6 is 0 Å². The summed E-state index contributed by atoms with van der Waals surface area (Å²) in [6, 6.07) is 0. The molecule has 1 rings (SSSR count). The van der Waals surface area contributed by atoms with Crippen molar-refractivity contribution in [2.24, 2.45) is 0 Å². The molecule has 0 aromatic rings. The van der Waals surface area contributed by atoms with E-state index in [2.05, 4.69) is 11.8 Å². The normalized spacial score (nSPS) is 17.2. The van der Waals surface area contributed by atoms with Crippen molar-refractivity contribution >= 4 is 5.91 Å². The van der Waals surface area contributed by atoms with Crippen LogP contribution in [-0.4, -0.2) is 23.9 Å². The number of nitrogens with zero attached hydrogens (tertiary/aromatic N) is 1. The van der Waals surface area contributed by atoms with Crippen molar-refractivity contribution in [3.8, 4) is 11.8 Å². The van der Waals surface area contributed by atoms with E-state index in [1.54, 1.807) is 0 Å². The van der Waals surface area contributed by atoms with Gasteiger partial charge in [0, 0.05) is 32.4 Å². The van der Waals surface area contributed by atoms with Gasteiger partial charge in [-0.15, -0.1) is 11.8 Å². The summed E-state index contributed by atoms with van der Waals surface area (Å²) in [4.78, 5) is 13.2. The standard InChI is InChI=1S/C10H15NO/c1-2-10(12)11-8-6-4-3-5-7-9-11/h2,4,6-9H2,1H3. The predicted molar refractivity (Wildman–Crippen MR) is 48.5 cm³/mol. The molecular weight excluding hydrogens is 150 g/mol. The van der Waals surface area contributed by atoms with E-state index < -0.39 is 0 Å². The lowest BCUT2D eigenvalue weighted by Gasteiger charge is -2.21. The number of hydrogen-bond donors (Lipinski definition) is 0. The quantitative estimate of drug-likeness (QED) is 0.538. The zero-order valence-electron chi connectivity index (χ0n) is 7.60. The van der Waals surface area contributed by atoms with Gasteiger partial charge in [0.05, 0.1) is 0 Å². The molecule has 0 bridgehead atoms. The maximum absolute atomic E-state index is 11.3. The van der Waals surface area contributed by atoms with Crippen molar-refractivity contribution in [1.82, 2.24) is 4.90 Å². The minimum absolute atomic E-state index is 0.263. The van der Waals surface area contributed by atoms with Crippen LogP contribution in [0.2, 0.25) is 0 Å². The van der Waals surface area contributed by atoms with Crippen LogP contribution in [-0.2, 0) is 4.79 Å². The average molecular weight is 165 g/mol. The minimum Gasteiger partial charge on any atom is -0.342 e. The summed E-state index contributed by atoms with van der Waals surface area (Å²) in [7, 11) is 0. The minimum atomic E-state index is 0.263. The molecule has 0 atom stereocenters. The molecule has 2 nitrogen and oxygen atoms in total. The number of carbonyl (C=O) groups excluding carboxylic acids is 1. The molecule has 0 unspecified atom stereocenters. The Hall–Kier alpha value is -0.970. The van der Waals surface area contributed by atoms with Crippen molar-refractivity contribution in [3.63, 3.8) is 0 Å². The van der Waals surface area contributed by atoms with Crippen molar-refractivity contribution in [2.75, 3.05) is 13.1 Å². The Balaban J connectivity index is 2.45. The van der Waals surface area contributed by atoms with Gasteiger partial charge in [0.2, 0.25) is 5.91 Å². The highest BCUT2D eigenvalue weighted by Gasteiger charge is 2.10. The molecule has 1 amide bonds. The van der Waals surface area contributed by atoms with Gasteiger partial charge in [-0.2, -0.15) is 0 Å². The SMILES string of the molecule is CCC(=O)N1CCC#CCCC1. The van der Waals surface area contributed by atoms with Crippen molar-refractivity contribution in [2.45, 2.75) is 32.6 Å². The summed E-state index contributed by atoms with van der Waals surface area (Å²) in [5.74, 6) is 6.39. The Morgan fingerprint density at radius 1 is 1.33 bits per heavy atom. The average Bonchev–Trinajstić information content (AvgIpc) is 2.02. The summed E-state index contributed by atoms with van der Waals surface area (Å²) in [5.41, 5.74) is 0. The van der Waals surface area contributed by atoms with E-state index in [1.165, 1.54) is 0 Å². The van der Waals surface area contributed by atoms with E-state index in [1.807, 2.05) is 11.8 Å². The monoisotopic (exact) mass is 165 g/mol. The van der Waals surface area contributed by atoms with Gasteiger partial charge < -0.3 is 4.90 Å². The second-order valence-corrected chi connectivity index (χ2v) is 2.94. The molecular formula is C10H15NO. The van der Waals surface area contributed by atoms with E-state index in [0.717, 1.165) is 32.4 Å². The number of hydrogen-bond acceptors (Lipinski definition) is 1. The smallest absolute Gasteiger partial charge is 0.222 e. The molecule has 2 heteroatoms. The molecule has 0 radical (unpaired) electrons. The van der Waals surface area contributed by atoms with Crippen molar-refractivity contribution in [1.29, 1.82) is 0 Å². The predicted octanol–water partition coefficient (Wildman–Crippen LogP) is 1.41. The summed E-state index contributed by atoms with van der Waals surface area (Å²) < 4.78 is 0. The van der Waals surface area contributed by atoms with Crippen LogP contribution in [0.4, 0.5) is 0 Å². The van der Waals surface area contributed by atoms with Gasteiger partial charge in [0.25, 0.3) is 0 Å². The number of rotatable bonds is 1. The van der Waals surface area contributed by atoms with Crippen molar-refractivity contribution in [3.05, 3.63) is 0 Å². The Bertz CT molecular complexity index is 212.